The second-order valence-electron chi connectivity index (χ2n) is 2.73. The first-order chi connectivity index (χ1) is 5.65. The van der Waals surface area contributed by atoms with Crippen LogP contribution in [0.15, 0.2) is 17.1 Å². The van der Waals surface area contributed by atoms with Crippen LogP contribution < -0.4 is 15.8 Å². The van der Waals surface area contributed by atoms with Gasteiger partial charge in [-0.15, -0.1) is 0 Å². The Kier molecular flexibility index (Phi) is 2.58. The lowest BCUT2D eigenvalue weighted by atomic mass is 9.99. The minimum absolute atomic E-state index is 0.0811. The van der Waals surface area contributed by atoms with Crippen molar-refractivity contribution in [3.05, 3.63) is 22.6 Å². The third-order valence-corrected chi connectivity index (χ3v) is 1.59. The molecule has 0 aliphatic carbocycles. The molecular formula is C8H12BNO2. The molecule has 0 atom stereocenters. The van der Waals surface area contributed by atoms with Crippen LogP contribution in [0.4, 0.5) is 0 Å². The molecule has 0 radical (unpaired) electrons. The maximum Gasteiger partial charge on any atom is 0.292 e. The zero-order chi connectivity index (χ0) is 9.14. The Labute approximate surface area is 72.4 Å². The van der Waals surface area contributed by atoms with Crippen LogP contribution in [0.1, 0.15) is 6.92 Å². The summed E-state index contributed by atoms with van der Waals surface area (Å²) in [5, 5.41) is 0. The molecule has 12 heavy (non-hydrogen) atoms. The molecule has 3 nitrogen and oxygen atoms in total. The van der Waals surface area contributed by atoms with Crippen molar-refractivity contribution >= 4 is 13.3 Å². The van der Waals surface area contributed by atoms with E-state index in [2.05, 4.69) is 0 Å². The molecule has 1 aromatic heterocycles. The van der Waals surface area contributed by atoms with Crippen molar-refractivity contribution in [2.75, 3.05) is 6.61 Å². The maximum absolute atomic E-state index is 11.3. The van der Waals surface area contributed by atoms with E-state index in [9.17, 15) is 4.79 Å². The first-order valence-corrected chi connectivity index (χ1v) is 3.95. The first-order valence-electron chi connectivity index (χ1n) is 3.95. The van der Waals surface area contributed by atoms with Crippen LogP contribution >= 0.6 is 0 Å². The summed E-state index contributed by atoms with van der Waals surface area (Å²) in [7, 11) is 3.65. The fraction of sp³-hybridized carbons (Fsp3) is 0.375. The monoisotopic (exact) mass is 165 g/mol. The Hall–Kier alpha value is -1.19. The highest BCUT2D eigenvalue weighted by Gasteiger charge is 2.01. The molecule has 1 aromatic rings. The Morgan fingerprint density at radius 3 is 2.92 bits per heavy atom. The largest absolute Gasteiger partial charge is 0.488 e. The molecular weight excluding hydrogens is 153 g/mol. The van der Waals surface area contributed by atoms with Crippen LogP contribution in [-0.2, 0) is 7.05 Å². The van der Waals surface area contributed by atoms with Gasteiger partial charge in [0.05, 0.1) is 6.61 Å². The zero-order valence-electron chi connectivity index (χ0n) is 7.63. The number of nitrogens with zero attached hydrogens (tertiary/aromatic N) is 1. The van der Waals surface area contributed by atoms with E-state index in [-0.39, 0.29) is 5.56 Å². The van der Waals surface area contributed by atoms with E-state index in [0.717, 1.165) is 5.46 Å². The summed E-state index contributed by atoms with van der Waals surface area (Å²) in [4.78, 5) is 11.3. The van der Waals surface area contributed by atoms with Crippen LogP contribution in [0, 0.1) is 0 Å². The number of hydrogen-bond acceptors (Lipinski definition) is 2. The smallest absolute Gasteiger partial charge is 0.292 e. The molecule has 64 valence electrons. The van der Waals surface area contributed by atoms with Gasteiger partial charge in [-0.2, -0.15) is 0 Å². The lowest BCUT2D eigenvalue weighted by molar-refractivity contribution is 0.333. The minimum Gasteiger partial charge on any atom is -0.488 e. The Balaban J connectivity index is 3.19. The second kappa shape index (κ2) is 3.47. The first kappa shape index (κ1) is 8.91. The van der Waals surface area contributed by atoms with E-state index < -0.39 is 0 Å². The normalized spacial score (nSPS) is 9.83. The highest BCUT2D eigenvalue weighted by molar-refractivity contribution is 6.32. The van der Waals surface area contributed by atoms with Gasteiger partial charge in [-0.1, -0.05) is 5.46 Å². The molecule has 0 aliphatic heterocycles. The van der Waals surface area contributed by atoms with E-state index in [4.69, 9.17) is 4.74 Å². The summed E-state index contributed by atoms with van der Waals surface area (Å²) in [5.41, 5.74) is 0.947. The maximum atomic E-state index is 11.3. The summed E-state index contributed by atoms with van der Waals surface area (Å²) in [6.45, 7) is 2.39. The fourth-order valence-electron chi connectivity index (χ4n) is 1.10. The molecule has 4 heteroatoms. The van der Waals surface area contributed by atoms with Crippen molar-refractivity contribution in [3.8, 4) is 5.75 Å². The lowest BCUT2D eigenvalue weighted by Gasteiger charge is -2.05. The van der Waals surface area contributed by atoms with Crippen LogP contribution in [0.2, 0.25) is 0 Å². The summed E-state index contributed by atoms with van der Waals surface area (Å²) in [6, 6.07) is 1.76. The highest BCUT2D eigenvalue weighted by Crippen LogP contribution is 1.97. The molecule has 1 heterocycles. The number of ether oxygens (including phenoxy) is 1. The zero-order valence-corrected chi connectivity index (χ0v) is 7.63. The van der Waals surface area contributed by atoms with Crippen LogP contribution in [0.25, 0.3) is 0 Å². The van der Waals surface area contributed by atoms with Gasteiger partial charge in [0.2, 0.25) is 0 Å². The van der Waals surface area contributed by atoms with E-state index in [0.29, 0.717) is 12.4 Å². The summed E-state index contributed by atoms with van der Waals surface area (Å²) in [6.07, 6.45) is 1.78. The van der Waals surface area contributed by atoms with Crippen molar-refractivity contribution in [2.45, 2.75) is 6.92 Å². The van der Waals surface area contributed by atoms with Gasteiger partial charge in [-0.25, -0.2) is 0 Å². The van der Waals surface area contributed by atoms with Crippen molar-refractivity contribution < 1.29 is 4.74 Å². The predicted molar refractivity (Wildman–Crippen MR) is 51.0 cm³/mol. The van der Waals surface area contributed by atoms with Crippen molar-refractivity contribution in [3.63, 3.8) is 0 Å². The molecule has 0 spiro atoms. The van der Waals surface area contributed by atoms with Gasteiger partial charge in [0.15, 0.2) is 5.75 Å². The minimum atomic E-state index is -0.0811. The summed E-state index contributed by atoms with van der Waals surface area (Å²) < 4.78 is 6.69. The lowest BCUT2D eigenvalue weighted by Crippen LogP contribution is -2.23. The Bertz CT molecular complexity index is 332. The third kappa shape index (κ3) is 1.70. The molecule has 0 unspecified atom stereocenters. The highest BCUT2D eigenvalue weighted by atomic mass is 16.5. The van der Waals surface area contributed by atoms with Crippen molar-refractivity contribution in [1.82, 2.24) is 4.57 Å². The SMILES string of the molecule is Bc1cc(OCC)c(=O)n(C)c1. The molecule has 0 bridgehead atoms. The molecule has 0 aromatic carbocycles. The molecule has 1 rings (SSSR count). The van der Waals surface area contributed by atoms with Gasteiger partial charge >= 0.3 is 0 Å². The van der Waals surface area contributed by atoms with E-state index in [1.54, 1.807) is 19.3 Å². The van der Waals surface area contributed by atoms with Gasteiger partial charge in [-0.3, -0.25) is 4.79 Å². The quantitative estimate of drug-likeness (QED) is 0.528. The Morgan fingerprint density at radius 2 is 2.33 bits per heavy atom. The standard InChI is InChI=1S/C8H12BNO2/c1-3-12-7-4-6(9)5-10(2)8(7)11/h4-5H,3,9H2,1-2H3. The Morgan fingerprint density at radius 1 is 1.67 bits per heavy atom. The van der Waals surface area contributed by atoms with Gasteiger partial charge in [0, 0.05) is 13.2 Å². The van der Waals surface area contributed by atoms with E-state index in [1.165, 1.54) is 4.57 Å². The molecule has 0 aliphatic rings. The number of hydrogen-bond donors (Lipinski definition) is 0. The number of rotatable bonds is 2. The second-order valence-corrected chi connectivity index (χ2v) is 2.73. The average Bonchev–Trinajstić information content (AvgIpc) is 2.00. The third-order valence-electron chi connectivity index (χ3n) is 1.59. The number of pyridine rings is 1. The molecule has 0 fully saturated rings. The van der Waals surface area contributed by atoms with Gasteiger partial charge in [-0.05, 0) is 13.0 Å². The van der Waals surface area contributed by atoms with Gasteiger partial charge in [0.25, 0.3) is 5.56 Å². The van der Waals surface area contributed by atoms with Crippen LogP contribution in [-0.4, -0.2) is 19.0 Å². The molecule has 0 N–H and O–H groups in total. The van der Waals surface area contributed by atoms with Crippen LogP contribution in [0.5, 0.6) is 5.75 Å². The number of aryl methyl sites for hydroxylation is 1. The van der Waals surface area contributed by atoms with Crippen LogP contribution in [0.3, 0.4) is 0 Å². The topological polar surface area (TPSA) is 31.2 Å². The molecule has 0 amide bonds. The van der Waals surface area contributed by atoms with Crippen molar-refractivity contribution in [1.29, 1.82) is 0 Å². The van der Waals surface area contributed by atoms with E-state index in [1.807, 2.05) is 14.8 Å². The van der Waals surface area contributed by atoms with Crippen molar-refractivity contribution in [2.24, 2.45) is 7.05 Å². The van der Waals surface area contributed by atoms with E-state index >= 15 is 0 Å². The summed E-state index contributed by atoms with van der Waals surface area (Å²) >= 11 is 0. The van der Waals surface area contributed by atoms with Gasteiger partial charge in [0.1, 0.15) is 7.85 Å². The predicted octanol–water partition coefficient (Wildman–Crippen LogP) is -0.958. The number of aromatic nitrogens is 1. The molecule has 0 saturated carbocycles. The fourth-order valence-corrected chi connectivity index (χ4v) is 1.10. The summed E-state index contributed by atoms with van der Waals surface area (Å²) in [5.74, 6) is 0.431. The average molecular weight is 165 g/mol. The van der Waals surface area contributed by atoms with Gasteiger partial charge < -0.3 is 9.30 Å². The molecule has 0 saturated heterocycles.